The maximum atomic E-state index is 13.5. The van der Waals surface area contributed by atoms with Crippen molar-refractivity contribution in [1.82, 2.24) is 10.2 Å². The van der Waals surface area contributed by atoms with Crippen LogP contribution >= 0.6 is 24.8 Å². The average Bonchev–Trinajstić information content (AvgIpc) is 2.48. The van der Waals surface area contributed by atoms with E-state index in [1.165, 1.54) is 14.2 Å². The van der Waals surface area contributed by atoms with Gasteiger partial charge in [0.15, 0.2) is 11.5 Å². The van der Waals surface area contributed by atoms with Crippen molar-refractivity contribution in [3.8, 4) is 11.5 Å². The monoisotopic (exact) mass is 358 g/mol. The predicted molar refractivity (Wildman–Crippen MR) is 87.2 cm³/mol. The largest absolute Gasteiger partial charge is 0.493 e. The second-order valence-electron chi connectivity index (χ2n) is 4.68. The molecule has 0 radical (unpaired) electrons. The Balaban J connectivity index is 0.00000220. The standard InChI is InChI=1S/C14H20F2N2O2.2ClH/c1-19-11-4-3-10(9-12(11)20-2)13(14(15)16)18-7-5-17-6-8-18;;/h3-4,9,13-14,17H,5-8H2,1-2H3;2*1H/t13-;;/m1../s1. The van der Waals surface area contributed by atoms with Gasteiger partial charge in [0.25, 0.3) is 6.43 Å². The number of nitrogens with zero attached hydrogens (tertiary/aromatic N) is 1. The van der Waals surface area contributed by atoms with Crippen LogP contribution in [0.5, 0.6) is 11.5 Å². The highest BCUT2D eigenvalue weighted by molar-refractivity contribution is 5.85. The Kier molecular flexibility index (Phi) is 9.67. The molecule has 1 N–H and O–H groups in total. The number of rotatable bonds is 5. The zero-order valence-electron chi connectivity index (χ0n) is 12.6. The molecule has 0 aliphatic carbocycles. The number of piperazine rings is 1. The minimum absolute atomic E-state index is 0. The molecule has 0 aromatic heterocycles. The Morgan fingerprint density at radius 1 is 1.05 bits per heavy atom. The lowest BCUT2D eigenvalue weighted by molar-refractivity contribution is 0.0181. The summed E-state index contributed by atoms with van der Waals surface area (Å²) in [6, 6.07) is 4.08. The highest BCUT2D eigenvalue weighted by Crippen LogP contribution is 2.34. The summed E-state index contributed by atoms with van der Waals surface area (Å²) >= 11 is 0. The smallest absolute Gasteiger partial charge is 0.258 e. The molecule has 1 aromatic rings. The summed E-state index contributed by atoms with van der Waals surface area (Å²) in [6.45, 7) is 2.69. The zero-order valence-corrected chi connectivity index (χ0v) is 14.2. The molecular formula is C14H22Cl2F2N2O2. The van der Waals surface area contributed by atoms with E-state index < -0.39 is 12.5 Å². The first-order valence-electron chi connectivity index (χ1n) is 6.62. The fourth-order valence-corrected chi connectivity index (χ4v) is 2.51. The lowest BCUT2D eigenvalue weighted by atomic mass is 10.0. The van der Waals surface area contributed by atoms with Crippen LogP contribution in [0.3, 0.4) is 0 Å². The van der Waals surface area contributed by atoms with Gasteiger partial charge >= 0.3 is 0 Å². The number of hydrogen-bond donors (Lipinski definition) is 1. The minimum atomic E-state index is -2.44. The zero-order chi connectivity index (χ0) is 14.5. The third-order valence-electron chi connectivity index (χ3n) is 3.53. The van der Waals surface area contributed by atoms with Gasteiger partial charge in [-0.05, 0) is 17.7 Å². The molecule has 8 heteroatoms. The molecule has 1 aromatic carbocycles. The first-order chi connectivity index (χ1) is 9.67. The Morgan fingerprint density at radius 2 is 1.64 bits per heavy atom. The molecule has 1 atom stereocenters. The van der Waals surface area contributed by atoms with Crippen molar-refractivity contribution in [3.63, 3.8) is 0 Å². The van der Waals surface area contributed by atoms with Gasteiger partial charge in [0.2, 0.25) is 0 Å². The van der Waals surface area contributed by atoms with Gasteiger partial charge in [-0.1, -0.05) is 6.07 Å². The maximum absolute atomic E-state index is 13.5. The van der Waals surface area contributed by atoms with Crippen molar-refractivity contribution >= 4 is 24.8 Å². The topological polar surface area (TPSA) is 33.7 Å². The van der Waals surface area contributed by atoms with Crippen LogP contribution in [0.2, 0.25) is 0 Å². The summed E-state index contributed by atoms with van der Waals surface area (Å²) < 4.78 is 37.2. The SMILES string of the molecule is COc1ccc([C@H](C(F)F)N2CCNCC2)cc1OC.Cl.Cl. The predicted octanol–water partition coefficient (Wildman–Crippen LogP) is 2.76. The quantitative estimate of drug-likeness (QED) is 0.877. The lowest BCUT2D eigenvalue weighted by Crippen LogP contribution is -2.46. The Morgan fingerprint density at radius 3 is 2.14 bits per heavy atom. The summed E-state index contributed by atoms with van der Waals surface area (Å²) in [5, 5.41) is 3.17. The molecule has 0 spiro atoms. The van der Waals surface area contributed by atoms with Crippen molar-refractivity contribution in [2.45, 2.75) is 12.5 Å². The van der Waals surface area contributed by atoms with Crippen molar-refractivity contribution in [3.05, 3.63) is 23.8 Å². The van der Waals surface area contributed by atoms with Gasteiger partial charge in [-0.2, -0.15) is 0 Å². The van der Waals surface area contributed by atoms with Crippen LogP contribution in [-0.2, 0) is 0 Å². The molecule has 2 rings (SSSR count). The molecule has 22 heavy (non-hydrogen) atoms. The highest BCUT2D eigenvalue weighted by atomic mass is 35.5. The second-order valence-corrected chi connectivity index (χ2v) is 4.68. The Bertz CT molecular complexity index is 447. The van der Waals surface area contributed by atoms with Crippen molar-refractivity contribution < 1.29 is 18.3 Å². The molecule has 4 nitrogen and oxygen atoms in total. The molecule has 0 saturated carbocycles. The van der Waals surface area contributed by atoms with Crippen molar-refractivity contribution in [2.24, 2.45) is 0 Å². The number of halogens is 4. The van der Waals surface area contributed by atoms with E-state index in [1.807, 2.05) is 4.90 Å². The molecule has 1 saturated heterocycles. The fourth-order valence-electron chi connectivity index (χ4n) is 2.51. The second kappa shape index (κ2) is 10.0. The van der Waals surface area contributed by atoms with Crippen LogP contribution < -0.4 is 14.8 Å². The Hall–Kier alpha value is -0.820. The van der Waals surface area contributed by atoms with Crippen molar-refractivity contribution in [2.75, 3.05) is 40.4 Å². The molecule has 128 valence electrons. The van der Waals surface area contributed by atoms with Gasteiger partial charge < -0.3 is 14.8 Å². The Labute approximate surface area is 142 Å². The molecule has 1 aliphatic rings. The first-order valence-corrected chi connectivity index (χ1v) is 6.62. The van der Waals surface area contributed by atoms with Crippen LogP contribution in [0.1, 0.15) is 11.6 Å². The molecule has 1 heterocycles. The third-order valence-corrected chi connectivity index (χ3v) is 3.53. The van der Waals surface area contributed by atoms with E-state index in [0.717, 1.165) is 13.1 Å². The van der Waals surface area contributed by atoms with E-state index in [4.69, 9.17) is 9.47 Å². The number of nitrogens with one attached hydrogen (secondary N) is 1. The molecule has 0 unspecified atom stereocenters. The van der Waals surface area contributed by atoms with Gasteiger partial charge in [0.1, 0.15) is 0 Å². The summed E-state index contributed by atoms with van der Waals surface area (Å²) in [7, 11) is 3.03. The molecular weight excluding hydrogens is 337 g/mol. The highest BCUT2D eigenvalue weighted by Gasteiger charge is 2.30. The van der Waals surface area contributed by atoms with E-state index >= 15 is 0 Å². The molecule has 1 aliphatic heterocycles. The van der Waals surface area contributed by atoms with Gasteiger partial charge in [-0.15, -0.1) is 24.8 Å². The average molecular weight is 359 g/mol. The van der Waals surface area contributed by atoms with Crippen LogP contribution in [0, 0.1) is 0 Å². The first kappa shape index (κ1) is 21.2. The van der Waals surface area contributed by atoms with E-state index in [0.29, 0.717) is 30.2 Å². The van der Waals surface area contributed by atoms with Gasteiger partial charge in [0.05, 0.1) is 20.3 Å². The number of methoxy groups -OCH3 is 2. The fraction of sp³-hybridized carbons (Fsp3) is 0.571. The van der Waals surface area contributed by atoms with Crippen LogP contribution in [0.4, 0.5) is 8.78 Å². The van der Waals surface area contributed by atoms with Crippen molar-refractivity contribution in [1.29, 1.82) is 0 Å². The molecule has 0 amide bonds. The number of benzene rings is 1. The summed E-state index contributed by atoms with van der Waals surface area (Å²) in [6.07, 6.45) is -2.44. The van der Waals surface area contributed by atoms with Crippen LogP contribution in [0.15, 0.2) is 18.2 Å². The van der Waals surface area contributed by atoms with E-state index in [-0.39, 0.29) is 24.8 Å². The summed E-state index contributed by atoms with van der Waals surface area (Å²) in [5.74, 6) is 1.02. The molecule has 0 bridgehead atoms. The van der Waals surface area contributed by atoms with Crippen LogP contribution in [0.25, 0.3) is 0 Å². The van der Waals surface area contributed by atoms with Crippen LogP contribution in [-0.4, -0.2) is 51.7 Å². The lowest BCUT2D eigenvalue weighted by Gasteiger charge is -2.34. The summed E-state index contributed by atoms with van der Waals surface area (Å²) in [5.41, 5.74) is 0.555. The van der Waals surface area contributed by atoms with E-state index in [9.17, 15) is 8.78 Å². The minimum Gasteiger partial charge on any atom is -0.493 e. The maximum Gasteiger partial charge on any atom is 0.258 e. The number of alkyl halides is 2. The number of hydrogen-bond acceptors (Lipinski definition) is 4. The van der Waals surface area contributed by atoms with E-state index in [2.05, 4.69) is 5.32 Å². The summed E-state index contributed by atoms with van der Waals surface area (Å²) in [4.78, 5) is 1.81. The van der Waals surface area contributed by atoms with Gasteiger partial charge in [0, 0.05) is 26.2 Å². The van der Waals surface area contributed by atoms with E-state index in [1.54, 1.807) is 18.2 Å². The van der Waals surface area contributed by atoms with Gasteiger partial charge in [-0.25, -0.2) is 8.78 Å². The third kappa shape index (κ3) is 4.84. The van der Waals surface area contributed by atoms with Gasteiger partial charge in [-0.3, -0.25) is 4.90 Å². The number of ether oxygens (including phenoxy) is 2. The normalized spacial score (nSPS) is 16.4. The molecule has 1 fully saturated rings.